The lowest BCUT2D eigenvalue weighted by molar-refractivity contribution is 0.0917. The van der Waals surface area contributed by atoms with Crippen LogP contribution in [-0.4, -0.2) is 31.1 Å². The first kappa shape index (κ1) is 14.5. The molecule has 1 aliphatic heterocycles. The summed E-state index contributed by atoms with van der Waals surface area (Å²) >= 11 is 0. The van der Waals surface area contributed by atoms with Crippen molar-refractivity contribution < 1.29 is 0 Å². The van der Waals surface area contributed by atoms with Crippen LogP contribution in [0.4, 0.5) is 0 Å². The molecule has 0 aromatic heterocycles. The van der Waals surface area contributed by atoms with Crippen LogP contribution in [0.15, 0.2) is 24.3 Å². The Bertz CT molecular complexity index is 369. The third-order valence-corrected chi connectivity index (χ3v) is 4.36. The highest BCUT2D eigenvalue weighted by molar-refractivity contribution is 5.24. The highest BCUT2D eigenvalue weighted by atomic mass is 15.2. The summed E-state index contributed by atoms with van der Waals surface area (Å²) in [5.74, 6) is 0. The Hall–Kier alpha value is -0.860. The number of piperidine rings is 1. The van der Waals surface area contributed by atoms with Crippen molar-refractivity contribution in [2.75, 3.05) is 20.1 Å². The van der Waals surface area contributed by atoms with E-state index in [1.807, 2.05) is 0 Å². The maximum Gasteiger partial charge on any atom is 0.0348 e. The molecule has 0 aliphatic carbocycles. The van der Waals surface area contributed by atoms with Gasteiger partial charge in [0, 0.05) is 18.6 Å². The molecule has 2 rings (SSSR count). The van der Waals surface area contributed by atoms with Gasteiger partial charge in [-0.3, -0.25) is 4.90 Å². The van der Waals surface area contributed by atoms with Crippen molar-refractivity contribution in [1.82, 2.24) is 10.2 Å². The van der Waals surface area contributed by atoms with Gasteiger partial charge in [-0.1, -0.05) is 43.2 Å². The summed E-state index contributed by atoms with van der Waals surface area (Å²) in [6.45, 7) is 6.84. The summed E-state index contributed by atoms with van der Waals surface area (Å²) in [5, 5.41) is 3.37. The minimum atomic E-state index is 0.583. The summed E-state index contributed by atoms with van der Waals surface area (Å²) in [4.78, 5) is 2.73. The zero-order valence-corrected chi connectivity index (χ0v) is 12.7. The molecule has 19 heavy (non-hydrogen) atoms. The summed E-state index contributed by atoms with van der Waals surface area (Å²) < 4.78 is 0. The first-order valence-corrected chi connectivity index (χ1v) is 7.73. The molecule has 1 fully saturated rings. The van der Waals surface area contributed by atoms with Gasteiger partial charge in [0.1, 0.15) is 0 Å². The predicted octanol–water partition coefficient (Wildman–Crippen LogP) is 3.52. The molecule has 0 spiro atoms. The highest BCUT2D eigenvalue weighted by Gasteiger charge is 2.28. The monoisotopic (exact) mass is 260 g/mol. The molecule has 1 heterocycles. The second-order valence-electron chi connectivity index (χ2n) is 5.78. The smallest absolute Gasteiger partial charge is 0.0348 e. The van der Waals surface area contributed by atoms with Gasteiger partial charge < -0.3 is 5.32 Å². The molecule has 1 aromatic carbocycles. The molecule has 2 atom stereocenters. The van der Waals surface area contributed by atoms with E-state index in [1.165, 1.54) is 43.4 Å². The van der Waals surface area contributed by atoms with Gasteiger partial charge >= 0.3 is 0 Å². The molecule has 0 saturated carbocycles. The second-order valence-corrected chi connectivity index (χ2v) is 5.78. The van der Waals surface area contributed by atoms with Gasteiger partial charge in [0.05, 0.1) is 0 Å². The van der Waals surface area contributed by atoms with Gasteiger partial charge in [-0.15, -0.1) is 0 Å². The number of hydrogen-bond acceptors (Lipinski definition) is 2. The summed E-state index contributed by atoms with van der Waals surface area (Å²) in [7, 11) is 2.07. The van der Waals surface area contributed by atoms with E-state index in [0.717, 1.165) is 6.54 Å². The fourth-order valence-corrected chi connectivity index (χ4v) is 3.34. The number of aryl methyl sites for hydroxylation is 1. The number of nitrogens with one attached hydrogen (secondary N) is 1. The van der Waals surface area contributed by atoms with Crippen LogP contribution in [0.25, 0.3) is 0 Å². The van der Waals surface area contributed by atoms with Crippen LogP contribution < -0.4 is 5.32 Å². The first-order chi connectivity index (χ1) is 9.26. The lowest BCUT2D eigenvalue weighted by Gasteiger charge is -2.41. The Kier molecular flexibility index (Phi) is 5.41. The zero-order valence-electron chi connectivity index (χ0n) is 12.7. The molecular formula is C17H28N2. The maximum absolute atomic E-state index is 3.37. The van der Waals surface area contributed by atoms with Crippen LogP contribution in [-0.2, 0) is 0 Å². The summed E-state index contributed by atoms with van der Waals surface area (Å²) in [6, 6.07) is 10.4. The number of likely N-dealkylation sites (tertiary alicyclic amines) is 1. The first-order valence-electron chi connectivity index (χ1n) is 7.73. The van der Waals surface area contributed by atoms with Gasteiger partial charge in [-0.2, -0.15) is 0 Å². The van der Waals surface area contributed by atoms with Crippen molar-refractivity contribution in [3.63, 3.8) is 0 Å². The second kappa shape index (κ2) is 7.06. The molecule has 0 bridgehead atoms. The largest absolute Gasteiger partial charge is 0.318 e. The van der Waals surface area contributed by atoms with Crippen LogP contribution in [0, 0.1) is 6.92 Å². The molecule has 0 amide bonds. The van der Waals surface area contributed by atoms with E-state index in [1.54, 1.807) is 0 Å². The van der Waals surface area contributed by atoms with E-state index in [9.17, 15) is 0 Å². The van der Waals surface area contributed by atoms with Gasteiger partial charge in [-0.25, -0.2) is 0 Å². The van der Waals surface area contributed by atoms with Crippen molar-refractivity contribution in [1.29, 1.82) is 0 Å². The predicted molar refractivity (Wildman–Crippen MR) is 82.5 cm³/mol. The van der Waals surface area contributed by atoms with E-state index in [0.29, 0.717) is 12.1 Å². The number of rotatable bonds is 5. The molecule has 1 saturated heterocycles. The van der Waals surface area contributed by atoms with Crippen LogP contribution in [0.5, 0.6) is 0 Å². The molecule has 106 valence electrons. The number of hydrogen-bond donors (Lipinski definition) is 1. The molecule has 2 heteroatoms. The molecule has 1 N–H and O–H groups in total. The highest BCUT2D eigenvalue weighted by Crippen LogP contribution is 2.30. The normalized spacial score (nSPS) is 22.4. The minimum absolute atomic E-state index is 0.583. The lowest BCUT2D eigenvalue weighted by atomic mass is 9.94. The van der Waals surface area contributed by atoms with Crippen molar-refractivity contribution in [2.24, 2.45) is 0 Å². The van der Waals surface area contributed by atoms with E-state index in [4.69, 9.17) is 0 Å². The standard InChI is InChI=1S/C17H28N2/c1-4-17(15-10-8-14(2)9-11-15)19-12-6-5-7-16(19)13-18-3/h8-11,16-18H,4-7,12-13H2,1-3H3. The van der Waals surface area contributed by atoms with Crippen molar-refractivity contribution in [2.45, 2.75) is 51.6 Å². The fourth-order valence-electron chi connectivity index (χ4n) is 3.34. The lowest BCUT2D eigenvalue weighted by Crippen LogP contribution is -2.46. The van der Waals surface area contributed by atoms with E-state index < -0.39 is 0 Å². The van der Waals surface area contributed by atoms with Gasteiger partial charge in [0.15, 0.2) is 0 Å². The van der Waals surface area contributed by atoms with Crippen LogP contribution in [0.3, 0.4) is 0 Å². The van der Waals surface area contributed by atoms with Crippen molar-refractivity contribution in [3.8, 4) is 0 Å². The van der Waals surface area contributed by atoms with Gasteiger partial charge in [0.2, 0.25) is 0 Å². The minimum Gasteiger partial charge on any atom is -0.318 e. The van der Waals surface area contributed by atoms with Crippen LogP contribution in [0.2, 0.25) is 0 Å². The fraction of sp³-hybridized carbons (Fsp3) is 0.647. The van der Waals surface area contributed by atoms with E-state index in [2.05, 4.69) is 55.4 Å². The van der Waals surface area contributed by atoms with Gasteiger partial charge in [0.25, 0.3) is 0 Å². The Morgan fingerprint density at radius 3 is 2.63 bits per heavy atom. The van der Waals surface area contributed by atoms with Crippen molar-refractivity contribution >= 4 is 0 Å². The summed E-state index contributed by atoms with van der Waals surface area (Å²) in [6.07, 6.45) is 5.27. The molecule has 1 aromatic rings. The number of likely N-dealkylation sites (N-methyl/N-ethyl adjacent to an activating group) is 1. The Morgan fingerprint density at radius 2 is 2.00 bits per heavy atom. The Balaban J connectivity index is 2.16. The summed E-state index contributed by atoms with van der Waals surface area (Å²) in [5.41, 5.74) is 2.83. The number of nitrogens with zero attached hydrogens (tertiary/aromatic N) is 1. The average Bonchev–Trinajstić information content (AvgIpc) is 2.44. The van der Waals surface area contributed by atoms with Gasteiger partial charge in [-0.05, 0) is 45.3 Å². The zero-order chi connectivity index (χ0) is 13.7. The van der Waals surface area contributed by atoms with Crippen LogP contribution in [0.1, 0.15) is 49.8 Å². The third-order valence-electron chi connectivity index (χ3n) is 4.36. The quantitative estimate of drug-likeness (QED) is 0.871. The molecule has 0 radical (unpaired) electrons. The average molecular weight is 260 g/mol. The molecule has 2 nitrogen and oxygen atoms in total. The molecular weight excluding hydrogens is 232 g/mol. The SMILES string of the molecule is CCC(c1ccc(C)cc1)N1CCCCC1CNC. The van der Waals surface area contributed by atoms with Crippen LogP contribution >= 0.6 is 0 Å². The van der Waals surface area contributed by atoms with E-state index >= 15 is 0 Å². The molecule has 1 aliphatic rings. The molecule has 2 unspecified atom stereocenters. The maximum atomic E-state index is 3.37. The number of benzene rings is 1. The van der Waals surface area contributed by atoms with E-state index in [-0.39, 0.29) is 0 Å². The third kappa shape index (κ3) is 3.58. The topological polar surface area (TPSA) is 15.3 Å². The Labute approximate surface area is 118 Å². The van der Waals surface area contributed by atoms with Crippen molar-refractivity contribution in [3.05, 3.63) is 35.4 Å². The Morgan fingerprint density at radius 1 is 1.26 bits per heavy atom.